The van der Waals surface area contributed by atoms with Gasteiger partial charge in [-0.1, -0.05) is 32.0 Å². The predicted octanol–water partition coefficient (Wildman–Crippen LogP) is 6.89. The summed E-state index contributed by atoms with van der Waals surface area (Å²) in [6, 6.07) is 19.2. The number of urea groups is 1. The number of amides is 2. The zero-order valence-electron chi connectivity index (χ0n) is 20.3. The van der Waals surface area contributed by atoms with Gasteiger partial charge in [-0.3, -0.25) is 0 Å². The van der Waals surface area contributed by atoms with E-state index in [4.69, 9.17) is 0 Å². The van der Waals surface area contributed by atoms with Crippen molar-refractivity contribution < 1.29 is 22.7 Å². The van der Waals surface area contributed by atoms with Crippen LogP contribution in [0.4, 0.5) is 29.3 Å². The van der Waals surface area contributed by atoms with E-state index in [1.807, 2.05) is 24.3 Å². The third-order valence-electron chi connectivity index (χ3n) is 5.26. The number of benzene rings is 3. The van der Waals surface area contributed by atoms with Gasteiger partial charge in [0.25, 0.3) is 0 Å². The molecule has 4 rings (SSSR count). The van der Waals surface area contributed by atoms with Crippen molar-refractivity contribution in [3.8, 4) is 22.8 Å². The Hall–Kier alpha value is -4.32. The lowest BCUT2D eigenvalue weighted by molar-refractivity contribution is -0.274. The summed E-state index contributed by atoms with van der Waals surface area (Å²) in [7, 11) is 0. The third-order valence-corrected chi connectivity index (χ3v) is 5.47. The molecule has 0 aliphatic heterocycles. The molecule has 2 N–H and O–H groups in total. The molecule has 196 valence electrons. The van der Waals surface area contributed by atoms with E-state index in [1.165, 1.54) is 35.3 Å². The summed E-state index contributed by atoms with van der Waals surface area (Å²) < 4.78 is 42.3. The monoisotopic (exact) mass is 540 g/mol. The molecule has 2 amide bonds. The predicted molar refractivity (Wildman–Crippen MR) is 143 cm³/mol. The van der Waals surface area contributed by atoms with Crippen LogP contribution < -0.4 is 15.4 Å². The number of hydrogen-bond acceptors (Lipinski definition) is 4. The van der Waals surface area contributed by atoms with Gasteiger partial charge in [0, 0.05) is 16.9 Å². The molecule has 0 saturated heterocycles. The first-order valence-corrected chi connectivity index (χ1v) is 11.8. The highest BCUT2D eigenvalue weighted by atomic mass is 32.1. The van der Waals surface area contributed by atoms with E-state index in [0.717, 1.165) is 11.3 Å². The van der Waals surface area contributed by atoms with Crippen LogP contribution >= 0.6 is 12.6 Å². The number of hydrogen-bond donors (Lipinski definition) is 3. The van der Waals surface area contributed by atoms with Gasteiger partial charge in [-0.15, -0.1) is 30.9 Å². The lowest BCUT2D eigenvalue weighted by Crippen LogP contribution is -2.17. The van der Waals surface area contributed by atoms with E-state index in [2.05, 4.69) is 56.9 Å². The molecule has 0 spiro atoms. The Bertz CT molecular complexity index is 1430. The molecular weight excluding hydrogens is 517 g/mol. The van der Waals surface area contributed by atoms with Crippen molar-refractivity contribution in [2.75, 3.05) is 10.6 Å². The Morgan fingerprint density at radius 2 is 1.68 bits per heavy atom. The van der Waals surface area contributed by atoms with E-state index in [9.17, 15) is 18.0 Å². The van der Waals surface area contributed by atoms with E-state index < -0.39 is 12.4 Å². The summed E-state index contributed by atoms with van der Waals surface area (Å²) in [5.41, 5.74) is 3.59. The first-order valence-electron chi connectivity index (χ1n) is 11.4. The van der Waals surface area contributed by atoms with E-state index in [-0.39, 0.29) is 16.8 Å². The standard InChI is InChI=1S/C26H23F3N6O2S/c1-16(2)21-5-3-4-6-22(21)32-25(38)33-24(36)31-18-9-7-17(8-10-18)23-30-15-35(34-23)19-11-13-20(14-12-19)37-26(27,28)29/h3-16H,1-2H3,(H3,31,32,33,36,38). The van der Waals surface area contributed by atoms with Crippen LogP contribution in [0.1, 0.15) is 25.3 Å². The topological polar surface area (TPSA) is 93.4 Å². The number of ether oxygens (including phenoxy) is 1. The molecule has 1 aromatic heterocycles. The fourth-order valence-corrected chi connectivity index (χ4v) is 3.74. The largest absolute Gasteiger partial charge is 0.573 e. The maximum atomic E-state index is 12.4. The molecule has 0 atom stereocenters. The van der Waals surface area contributed by atoms with Gasteiger partial charge < -0.3 is 15.4 Å². The number of alkyl halides is 3. The maximum absolute atomic E-state index is 12.4. The first kappa shape index (κ1) is 26.7. The zero-order chi connectivity index (χ0) is 27.3. The Morgan fingerprint density at radius 3 is 2.34 bits per heavy atom. The van der Waals surface area contributed by atoms with Crippen molar-refractivity contribution >= 4 is 35.2 Å². The van der Waals surface area contributed by atoms with E-state index >= 15 is 0 Å². The second-order valence-corrected chi connectivity index (χ2v) is 8.79. The number of halogens is 3. The van der Waals surface area contributed by atoms with Gasteiger partial charge in [-0.25, -0.2) is 14.5 Å². The van der Waals surface area contributed by atoms with Crippen LogP contribution in [0, 0.1) is 0 Å². The first-order chi connectivity index (χ1) is 18.1. The highest BCUT2D eigenvalue weighted by Crippen LogP contribution is 2.25. The van der Waals surface area contributed by atoms with Gasteiger partial charge in [0.05, 0.1) is 5.69 Å². The Balaban J connectivity index is 1.38. The lowest BCUT2D eigenvalue weighted by atomic mass is 10.0. The summed E-state index contributed by atoms with van der Waals surface area (Å²) in [6.07, 6.45) is -3.32. The maximum Gasteiger partial charge on any atom is 0.573 e. The van der Waals surface area contributed by atoms with Crippen LogP contribution in [0.2, 0.25) is 0 Å². The second kappa shape index (κ2) is 11.4. The summed E-state index contributed by atoms with van der Waals surface area (Å²) in [5, 5.41) is 10.2. The molecule has 0 bridgehead atoms. The van der Waals surface area contributed by atoms with E-state index in [1.54, 1.807) is 24.3 Å². The number of carbonyl (C=O) groups excluding carboxylic acids is 1. The molecule has 4 aromatic rings. The molecule has 0 aliphatic carbocycles. The van der Waals surface area contributed by atoms with Crippen LogP contribution in [0.5, 0.6) is 5.75 Å². The Labute approximate surface area is 222 Å². The molecule has 8 nitrogen and oxygen atoms in total. The Morgan fingerprint density at radius 1 is 1.00 bits per heavy atom. The number of amidine groups is 1. The lowest BCUT2D eigenvalue weighted by Gasteiger charge is -2.13. The molecule has 0 fully saturated rings. The highest BCUT2D eigenvalue weighted by molar-refractivity contribution is 7.97. The fraction of sp³-hybridized carbons (Fsp3) is 0.154. The van der Waals surface area contributed by atoms with Crippen LogP contribution in [0.15, 0.2) is 84.1 Å². The number of anilines is 2. The average molecular weight is 541 g/mol. The van der Waals surface area contributed by atoms with E-state index in [0.29, 0.717) is 22.8 Å². The number of nitrogens with zero attached hydrogens (tertiary/aromatic N) is 4. The molecular formula is C26H23F3N6O2S. The van der Waals surface area contributed by atoms with Gasteiger partial charge >= 0.3 is 12.4 Å². The second-order valence-electron chi connectivity index (χ2n) is 8.36. The number of aromatic nitrogens is 3. The zero-order valence-corrected chi connectivity index (χ0v) is 21.2. The summed E-state index contributed by atoms with van der Waals surface area (Å²) in [6.45, 7) is 4.14. The van der Waals surface area contributed by atoms with Crippen molar-refractivity contribution in [2.24, 2.45) is 4.99 Å². The van der Waals surface area contributed by atoms with Crippen LogP contribution in [-0.2, 0) is 0 Å². The number of aliphatic imine (C=N–C) groups is 1. The van der Waals surface area contributed by atoms with Gasteiger partial charge in [0.1, 0.15) is 12.1 Å². The summed E-state index contributed by atoms with van der Waals surface area (Å²) in [5.74, 6) is 0.346. The third kappa shape index (κ3) is 7.13. The molecule has 3 aromatic carbocycles. The highest BCUT2D eigenvalue weighted by Gasteiger charge is 2.31. The van der Waals surface area contributed by atoms with Gasteiger partial charge in [0.15, 0.2) is 11.0 Å². The van der Waals surface area contributed by atoms with Crippen molar-refractivity contribution in [3.05, 3.63) is 84.7 Å². The van der Waals surface area contributed by atoms with Gasteiger partial charge in [-0.2, -0.15) is 4.99 Å². The average Bonchev–Trinajstić information content (AvgIpc) is 3.34. The van der Waals surface area contributed by atoms with Gasteiger partial charge in [-0.05, 0) is 66.1 Å². The molecule has 0 unspecified atom stereocenters. The number of carbonyl (C=O) groups is 1. The summed E-state index contributed by atoms with van der Waals surface area (Å²) in [4.78, 5) is 20.5. The molecule has 0 saturated carbocycles. The Kier molecular flexibility index (Phi) is 8.01. The van der Waals surface area contributed by atoms with Crippen molar-refractivity contribution in [1.29, 1.82) is 0 Å². The molecule has 1 heterocycles. The minimum atomic E-state index is -4.76. The molecule has 0 aliphatic rings. The van der Waals surface area contributed by atoms with Crippen LogP contribution in [-0.4, -0.2) is 32.3 Å². The number of para-hydroxylation sites is 1. The van der Waals surface area contributed by atoms with Crippen molar-refractivity contribution in [1.82, 2.24) is 14.8 Å². The fourth-order valence-electron chi connectivity index (χ4n) is 3.53. The SMILES string of the molecule is CC(C)c1ccccc1N/C(S)=N/C(=O)Nc1ccc(-c2ncn(-c3ccc(OC(F)(F)F)cc3)n2)cc1. The molecule has 38 heavy (non-hydrogen) atoms. The number of rotatable bonds is 6. The smallest absolute Gasteiger partial charge is 0.406 e. The molecule has 0 radical (unpaired) electrons. The van der Waals surface area contributed by atoms with Crippen molar-refractivity contribution in [3.63, 3.8) is 0 Å². The minimum absolute atomic E-state index is 0.153. The minimum Gasteiger partial charge on any atom is -0.406 e. The van der Waals surface area contributed by atoms with Crippen molar-refractivity contribution in [2.45, 2.75) is 26.1 Å². The number of nitrogens with one attached hydrogen (secondary N) is 2. The summed E-state index contributed by atoms with van der Waals surface area (Å²) >= 11 is 4.29. The van der Waals surface area contributed by atoms with Crippen LogP contribution in [0.25, 0.3) is 17.1 Å². The van der Waals surface area contributed by atoms with Crippen LogP contribution in [0.3, 0.4) is 0 Å². The quantitative estimate of drug-likeness (QED) is 0.141. The molecule has 12 heteroatoms. The number of thiol groups is 1. The normalized spacial score (nSPS) is 11.9. The van der Waals surface area contributed by atoms with Gasteiger partial charge in [0.2, 0.25) is 0 Å².